The maximum Gasteiger partial charge on any atom is 0.119 e. The van der Waals surface area contributed by atoms with Gasteiger partial charge in [-0.1, -0.05) is 25.5 Å². The van der Waals surface area contributed by atoms with E-state index >= 15 is 0 Å². The van der Waals surface area contributed by atoms with Crippen molar-refractivity contribution in [3.63, 3.8) is 0 Å². The highest BCUT2D eigenvalue weighted by molar-refractivity contribution is 6.18. The molecule has 0 fully saturated rings. The monoisotopic (exact) mass is 255 g/mol. The van der Waals surface area contributed by atoms with Crippen molar-refractivity contribution < 1.29 is 4.74 Å². The van der Waals surface area contributed by atoms with Crippen LogP contribution in [-0.2, 0) is 6.54 Å². The van der Waals surface area contributed by atoms with Crippen molar-refractivity contribution in [1.29, 1.82) is 0 Å². The minimum Gasteiger partial charge on any atom is -0.497 e. The molecular formula is C14H22ClNO. The second-order valence-corrected chi connectivity index (χ2v) is 4.55. The number of alkyl halides is 1. The number of unbranched alkanes of at least 4 members (excludes halogenated alkanes) is 1. The van der Waals surface area contributed by atoms with Crippen LogP contribution in [0.25, 0.3) is 0 Å². The summed E-state index contributed by atoms with van der Waals surface area (Å²) in [6, 6.07) is 8.23. The third-order valence-corrected chi connectivity index (χ3v) is 2.94. The summed E-state index contributed by atoms with van der Waals surface area (Å²) in [5.41, 5.74) is 1.28. The minimum atomic E-state index is 0.688. The van der Waals surface area contributed by atoms with Gasteiger partial charge in [-0.05, 0) is 30.7 Å². The topological polar surface area (TPSA) is 12.5 Å². The Morgan fingerprint density at radius 1 is 1.29 bits per heavy atom. The number of halogens is 1. The molecule has 1 rings (SSSR count). The molecule has 1 aromatic carbocycles. The summed E-state index contributed by atoms with van der Waals surface area (Å²) in [5, 5.41) is 0. The lowest BCUT2D eigenvalue weighted by Gasteiger charge is -2.21. The summed E-state index contributed by atoms with van der Waals surface area (Å²) in [5.74, 6) is 1.61. The first-order valence-electron chi connectivity index (χ1n) is 6.21. The Labute approximate surface area is 110 Å². The van der Waals surface area contributed by atoms with Gasteiger partial charge >= 0.3 is 0 Å². The van der Waals surface area contributed by atoms with Crippen molar-refractivity contribution in [2.75, 3.05) is 26.1 Å². The third kappa shape index (κ3) is 5.42. The summed E-state index contributed by atoms with van der Waals surface area (Å²) >= 11 is 5.83. The first kappa shape index (κ1) is 14.3. The molecule has 0 bridgehead atoms. The largest absolute Gasteiger partial charge is 0.497 e. The van der Waals surface area contributed by atoms with Crippen LogP contribution >= 0.6 is 11.6 Å². The SMILES string of the molecule is CCCCN(CCCl)Cc1cccc(OC)c1. The molecule has 0 unspecified atom stereocenters. The van der Waals surface area contributed by atoms with Gasteiger partial charge in [0, 0.05) is 19.0 Å². The summed E-state index contributed by atoms with van der Waals surface area (Å²) in [6.07, 6.45) is 2.44. The zero-order valence-corrected chi connectivity index (χ0v) is 11.5. The van der Waals surface area contributed by atoms with Crippen LogP contribution in [0, 0.1) is 0 Å². The molecule has 0 aliphatic rings. The van der Waals surface area contributed by atoms with Gasteiger partial charge in [0.15, 0.2) is 0 Å². The predicted octanol–water partition coefficient (Wildman–Crippen LogP) is 3.54. The number of hydrogen-bond donors (Lipinski definition) is 0. The Balaban J connectivity index is 2.57. The number of benzene rings is 1. The van der Waals surface area contributed by atoms with E-state index in [1.165, 1.54) is 18.4 Å². The van der Waals surface area contributed by atoms with E-state index in [0.29, 0.717) is 5.88 Å². The normalized spacial score (nSPS) is 10.8. The summed E-state index contributed by atoms with van der Waals surface area (Å²) < 4.78 is 5.23. The molecule has 0 heterocycles. The lowest BCUT2D eigenvalue weighted by molar-refractivity contribution is 0.276. The van der Waals surface area contributed by atoms with Crippen molar-refractivity contribution in [1.82, 2.24) is 4.90 Å². The highest BCUT2D eigenvalue weighted by Gasteiger charge is 2.05. The van der Waals surface area contributed by atoms with Crippen LogP contribution in [0.4, 0.5) is 0 Å². The van der Waals surface area contributed by atoms with Crippen LogP contribution in [0.5, 0.6) is 5.75 Å². The molecule has 0 aliphatic heterocycles. The molecular weight excluding hydrogens is 234 g/mol. The van der Waals surface area contributed by atoms with Crippen molar-refractivity contribution in [2.24, 2.45) is 0 Å². The van der Waals surface area contributed by atoms with Gasteiger partial charge in [0.25, 0.3) is 0 Å². The van der Waals surface area contributed by atoms with Gasteiger partial charge in [0.05, 0.1) is 7.11 Å². The molecule has 0 amide bonds. The molecule has 0 atom stereocenters. The maximum atomic E-state index is 5.83. The Hall–Kier alpha value is -0.730. The van der Waals surface area contributed by atoms with E-state index in [-0.39, 0.29) is 0 Å². The molecule has 0 aliphatic carbocycles. The van der Waals surface area contributed by atoms with Gasteiger partial charge in [-0.3, -0.25) is 4.90 Å². The van der Waals surface area contributed by atoms with Crippen LogP contribution in [0.1, 0.15) is 25.3 Å². The quantitative estimate of drug-likeness (QED) is 0.659. The van der Waals surface area contributed by atoms with E-state index in [1.54, 1.807) is 7.11 Å². The maximum absolute atomic E-state index is 5.83. The molecule has 0 saturated carbocycles. The Kier molecular flexibility index (Phi) is 7.06. The number of nitrogens with zero attached hydrogens (tertiary/aromatic N) is 1. The van der Waals surface area contributed by atoms with Crippen LogP contribution in [-0.4, -0.2) is 31.0 Å². The average Bonchev–Trinajstić information content (AvgIpc) is 2.36. The standard InChI is InChI=1S/C14H22ClNO/c1-3-4-9-16(10-8-15)12-13-6-5-7-14(11-13)17-2/h5-7,11H,3-4,8-10,12H2,1-2H3. The second-order valence-electron chi connectivity index (χ2n) is 4.17. The number of hydrogen-bond acceptors (Lipinski definition) is 2. The van der Waals surface area contributed by atoms with Crippen molar-refractivity contribution >= 4 is 11.6 Å². The molecule has 3 heteroatoms. The molecule has 0 aromatic heterocycles. The zero-order valence-electron chi connectivity index (χ0n) is 10.8. The highest BCUT2D eigenvalue weighted by Crippen LogP contribution is 2.14. The first-order valence-corrected chi connectivity index (χ1v) is 6.74. The van der Waals surface area contributed by atoms with Gasteiger partial charge < -0.3 is 4.74 Å². The smallest absolute Gasteiger partial charge is 0.119 e. The van der Waals surface area contributed by atoms with Gasteiger partial charge in [-0.2, -0.15) is 0 Å². The fraction of sp³-hybridized carbons (Fsp3) is 0.571. The lowest BCUT2D eigenvalue weighted by atomic mass is 10.2. The van der Waals surface area contributed by atoms with Gasteiger partial charge in [-0.15, -0.1) is 11.6 Å². The van der Waals surface area contributed by atoms with Crippen LogP contribution in [0.15, 0.2) is 24.3 Å². The van der Waals surface area contributed by atoms with E-state index in [1.807, 2.05) is 12.1 Å². The Morgan fingerprint density at radius 2 is 2.12 bits per heavy atom. The van der Waals surface area contributed by atoms with Gasteiger partial charge in [0.1, 0.15) is 5.75 Å². The molecule has 2 nitrogen and oxygen atoms in total. The summed E-state index contributed by atoms with van der Waals surface area (Å²) in [4.78, 5) is 2.39. The third-order valence-electron chi connectivity index (χ3n) is 2.77. The number of rotatable bonds is 8. The molecule has 0 radical (unpaired) electrons. The van der Waals surface area contributed by atoms with E-state index in [0.717, 1.165) is 25.4 Å². The van der Waals surface area contributed by atoms with E-state index < -0.39 is 0 Å². The fourth-order valence-electron chi connectivity index (χ4n) is 1.80. The first-order chi connectivity index (χ1) is 8.30. The number of ether oxygens (including phenoxy) is 1. The minimum absolute atomic E-state index is 0.688. The van der Waals surface area contributed by atoms with Gasteiger partial charge in [-0.25, -0.2) is 0 Å². The fourth-order valence-corrected chi connectivity index (χ4v) is 2.04. The van der Waals surface area contributed by atoms with Crippen LogP contribution < -0.4 is 4.74 Å². The zero-order chi connectivity index (χ0) is 12.5. The molecule has 96 valence electrons. The van der Waals surface area contributed by atoms with Gasteiger partial charge in [0.2, 0.25) is 0 Å². The highest BCUT2D eigenvalue weighted by atomic mass is 35.5. The molecule has 0 saturated heterocycles. The average molecular weight is 256 g/mol. The van der Waals surface area contributed by atoms with E-state index in [9.17, 15) is 0 Å². The Morgan fingerprint density at radius 3 is 2.76 bits per heavy atom. The number of methoxy groups -OCH3 is 1. The predicted molar refractivity (Wildman–Crippen MR) is 73.9 cm³/mol. The van der Waals surface area contributed by atoms with Crippen LogP contribution in [0.2, 0.25) is 0 Å². The lowest BCUT2D eigenvalue weighted by Crippen LogP contribution is -2.26. The molecule has 1 aromatic rings. The molecule has 0 spiro atoms. The van der Waals surface area contributed by atoms with Crippen molar-refractivity contribution in [3.8, 4) is 5.75 Å². The van der Waals surface area contributed by atoms with Crippen LogP contribution in [0.3, 0.4) is 0 Å². The Bertz CT molecular complexity index is 317. The van der Waals surface area contributed by atoms with Crippen molar-refractivity contribution in [2.45, 2.75) is 26.3 Å². The molecule has 17 heavy (non-hydrogen) atoms. The summed E-state index contributed by atoms with van der Waals surface area (Å²) in [7, 11) is 1.70. The second kappa shape index (κ2) is 8.37. The van der Waals surface area contributed by atoms with E-state index in [2.05, 4.69) is 24.0 Å². The molecule has 0 N–H and O–H groups in total. The summed E-state index contributed by atoms with van der Waals surface area (Å²) in [6.45, 7) is 5.22. The van der Waals surface area contributed by atoms with E-state index in [4.69, 9.17) is 16.3 Å². The van der Waals surface area contributed by atoms with Crippen molar-refractivity contribution in [3.05, 3.63) is 29.8 Å².